The van der Waals surface area contributed by atoms with Gasteiger partial charge in [-0.25, -0.2) is 0 Å². The number of aryl methyl sites for hydroxylation is 1. The van der Waals surface area contributed by atoms with Crippen molar-refractivity contribution < 1.29 is 4.74 Å². The number of nitrogens with two attached hydrogens (primary N) is 1. The van der Waals surface area contributed by atoms with Gasteiger partial charge in [0.15, 0.2) is 0 Å². The average Bonchev–Trinajstić information content (AvgIpc) is 2.78. The third-order valence-corrected chi connectivity index (χ3v) is 7.29. The second-order valence-corrected chi connectivity index (χ2v) is 9.03. The minimum Gasteiger partial charge on any atom is -0.383 e. The summed E-state index contributed by atoms with van der Waals surface area (Å²) in [5.41, 5.74) is 8.97. The van der Waals surface area contributed by atoms with Gasteiger partial charge in [-0.2, -0.15) is 0 Å². The second-order valence-electron chi connectivity index (χ2n) is 9.03. The number of ether oxygens (including phenoxy) is 1. The predicted octanol–water partition coefficient (Wildman–Crippen LogP) is 5.44. The van der Waals surface area contributed by atoms with Crippen molar-refractivity contribution in [3.05, 3.63) is 59.7 Å². The molecule has 4 rings (SSSR count). The number of allylic oxidation sites excluding steroid dienone is 4. The molecule has 156 valence electrons. The number of rotatable bonds is 6. The van der Waals surface area contributed by atoms with Crippen LogP contribution in [-0.2, 0) is 11.2 Å². The number of hydrogen-bond donors (Lipinski definition) is 1. The highest BCUT2D eigenvalue weighted by Crippen LogP contribution is 2.42. The molecule has 3 unspecified atom stereocenters. The first-order valence-corrected chi connectivity index (χ1v) is 11.6. The Hall–Kier alpha value is -1.87. The summed E-state index contributed by atoms with van der Waals surface area (Å²) in [6, 6.07) is 9.02. The lowest BCUT2D eigenvalue weighted by Crippen LogP contribution is -2.38. The molecule has 1 aromatic carbocycles. The fraction of sp³-hybridized carbons (Fsp3) is 0.577. The maximum Gasteiger partial charge on any atom is 0.126 e. The van der Waals surface area contributed by atoms with Crippen molar-refractivity contribution in [2.75, 3.05) is 7.11 Å². The topological polar surface area (TPSA) is 47.6 Å². The van der Waals surface area contributed by atoms with Crippen LogP contribution < -0.4 is 5.73 Å². The van der Waals surface area contributed by atoms with E-state index >= 15 is 0 Å². The zero-order valence-electron chi connectivity index (χ0n) is 17.8. The van der Waals surface area contributed by atoms with Crippen LogP contribution in [0.3, 0.4) is 0 Å². The summed E-state index contributed by atoms with van der Waals surface area (Å²) in [6.07, 6.45) is 20.4. The molecule has 3 aliphatic rings. The standard InChI is InChI=1S/C26H36N2O/c1-29-25-18-16-19-9-5-7-13-22(19)24(25)17-15-20-10-6-8-14-23(20)26(27)28-21-11-3-2-4-12-21/h5-10,13-14,19,21-22,24-25H,2-4,11-12,15-18H2,1H3,(H2,27,28)/t19-,22?,24?,25?/m1/s1. The van der Waals surface area contributed by atoms with Gasteiger partial charge in [0.2, 0.25) is 0 Å². The molecule has 4 atom stereocenters. The monoisotopic (exact) mass is 392 g/mol. The fourth-order valence-corrected chi connectivity index (χ4v) is 5.70. The van der Waals surface area contributed by atoms with Crippen LogP contribution in [0.4, 0.5) is 0 Å². The quantitative estimate of drug-likeness (QED) is 0.517. The third kappa shape index (κ3) is 4.83. The molecule has 0 radical (unpaired) electrons. The van der Waals surface area contributed by atoms with Crippen LogP contribution in [0.15, 0.2) is 53.6 Å². The predicted molar refractivity (Wildman–Crippen MR) is 121 cm³/mol. The zero-order valence-corrected chi connectivity index (χ0v) is 17.8. The summed E-state index contributed by atoms with van der Waals surface area (Å²) >= 11 is 0. The van der Waals surface area contributed by atoms with E-state index in [9.17, 15) is 0 Å². The number of nitrogens with zero attached hydrogens (tertiary/aromatic N) is 1. The molecule has 1 aromatic rings. The molecular formula is C26H36N2O. The van der Waals surface area contributed by atoms with Gasteiger partial charge >= 0.3 is 0 Å². The van der Waals surface area contributed by atoms with Gasteiger partial charge in [0, 0.05) is 12.7 Å². The van der Waals surface area contributed by atoms with E-state index in [-0.39, 0.29) is 0 Å². The molecule has 0 saturated heterocycles. The molecule has 0 aromatic heterocycles. The van der Waals surface area contributed by atoms with Crippen molar-refractivity contribution >= 4 is 5.84 Å². The van der Waals surface area contributed by atoms with Crippen LogP contribution in [0.1, 0.15) is 62.5 Å². The van der Waals surface area contributed by atoms with E-state index in [0.717, 1.165) is 30.7 Å². The van der Waals surface area contributed by atoms with Gasteiger partial charge < -0.3 is 10.5 Å². The molecule has 3 heteroatoms. The van der Waals surface area contributed by atoms with Gasteiger partial charge in [-0.15, -0.1) is 0 Å². The molecule has 29 heavy (non-hydrogen) atoms. The zero-order chi connectivity index (χ0) is 20.1. The molecule has 2 N–H and O–H groups in total. The maximum atomic E-state index is 6.50. The Bertz CT molecular complexity index is 760. The van der Waals surface area contributed by atoms with E-state index in [2.05, 4.69) is 48.6 Å². The number of amidine groups is 1. The van der Waals surface area contributed by atoms with Crippen molar-refractivity contribution in [3.63, 3.8) is 0 Å². The number of aliphatic imine (C=N–C) groups is 1. The first kappa shape index (κ1) is 20.4. The Morgan fingerprint density at radius 3 is 2.66 bits per heavy atom. The van der Waals surface area contributed by atoms with E-state index in [1.54, 1.807) is 0 Å². The Labute approximate surface area is 176 Å². The van der Waals surface area contributed by atoms with Crippen molar-refractivity contribution in [3.8, 4) is 0 Å². The number of benzene rings is 1. The highest BCUT2D eigenvalue weighted by molar-refractivity contribution is 5.98. The largest absolute Gasteiger partial charge is 0.383 e. The summed E-state index contributed by atoms with van der Waals surface area (Å²) < 4.78 is 5.91. The van der Waals surface area contributed by atoms with Crippen LogP contribution >= 0.6 is 0 Å². The van der Waals surface area contributed by atoms with Crippen molar-refractivity contribution in [2.45, 2.75) is 69.9 Å². The first-order chi connectivity index (χ1) is 14.3. The Balaban J connectivity index is 1.48. The minimum atomic E-state index is 0.354. The van der Waals surface area contributed by atoms with Crippen LogP contribution in [0.25, 0.3) is 0 Å². The first-order valence-electron chi connectivity index (χ1n) is 11.6. The molecule has 0 bridgehead atoms. The normalized spacial score (nSPS) is 30.3. The number of methoxy groups -OCH3 is 1. The molecule has 0 amide bonds. The molecule has 2 saturated carbocycles. The van der Waals surface area contributed by atoms with Crippen molar-refractivity contribution in [1.29, 1.82) is 0 Å². The van der Waals surface area contributed by atoms with E-state index in [1.807, 2.05) is 7.11 Å². The molecular weight excluding hydrogens is 356 g/mol. The Kier molecular flexibility index (Phi) is 6.86. The van der Waals surface area contributed by atoms with Crippen LogP contribution in [-0.4, -0.2) is 25.1 Å². The van der Waals surface area contributed by atoms with Gasteiger partial charge in [-0.3, -0.25) is 4.99 Å². The Morgan fingerprint density at radius 1 is 1.03 bits per heavy atom. The van der Waals surface area contributed by atoms with Crippen LogP contribution in [0.2, 0.25) is 0 Å². The second kappa shape index (κ2) is 9.75. The van der Waals surface area contributed by atoms with Crippen molar-refractivity contribution in [2.24, 2.45) is 28.5 Å². The average molecular weight is 393 g/mol. The van der Waals surface area contributed by atoms with Crippen molar-refractivity contribution in [1.82, 2.24) is 0 Å². The SMILES string of the molecule is COC1CC[C@H]2C=CC=CC2C1CCc1ccccc1C(N)=NC1CCCCC1. The third-order valence-electron chi connectivity index (χ3n) is 7.29. The fourth-order valence-electron chi connectivity index (χ4n) is 5.70. The molecule has 0 heterocycles. The lowest BCUT2D eigenvalue weighted by Gasteiger charge is -2.41. The van der Waals surface area contributed by atoms with E-state index < -0.39 is 0 Å². The van der Waals surface area contributed by atoms with Gasteiger partial charge in [-0.1, -0.05) is 67.8 Å². The molecule has 0 spiro atoms. The minimum absolute atomic E-state index is 0.354. The summed E-state index contributed by atoms with van der Waals surface area (Å²) in [7, 11) is 1.88. The van der Waals surface area contributed by atoms with Gasteiger partial charge in [-0.05, 0) is 61.8 Å². The van der Waals surface area contributed by atoms with E-state index in [1.165, 1.54) is 44.1 Å². The molecule has 0 aliphatic heterocycles. The molecule has 3 aliphatic carbocycles. The number of hydrogen-bond acceptors (Lipinski definition) is 2. The highest BCUT2D eigenvalue weighted by Gasteiger charge is 2.37. The molecule has 2 fully saturated rings. The van der Waals surface area contributed by atoms with Crippen LogP contribution in [0.5, 0.6) is 0 Å². The van der Waals surface area contributed by atoms with Gasteiger partial charge in [0.05, 0.1) is 12.1 Å². The summed E-state index contributed by atoms with van der Waals surface area (Å²) in [4.78, 5) is 4.91. The van der Waals surface area contributed by atoms with Crippen LogP contribution in [0, 0.1) is 17.8 Å². The number of fused-ring (bicyclic) bond motifs is 1. The maximum absolute atomic E-state index is 6.50. The molecule has 3 nitrogen and oxygen atoms in total. The summed E-state index contributed by atoms with van der Waals surface area (Å²) in [6.45, 7) is 0. The lowest BCUT2D eigenvalue weighted by atomic mass is 9.67. The van der Waals surface area contributed by atoms with E-state index in [0.29, 0.717) is 29.9 Å². The van der Waals surface area contributed by atoms with Gasteiger partial charge in [0.1, 0.15) is 5.84 Å². The highest BCUT2D eigenvalue weighted by atomic mass is 16.5. The summed E-state index contributed by atoms with van der Waals surface area (Å²) in [5.74, 6) is 2.56. The van der Waals surface area contributed by atoms with E-state index in [4.69, 9.17) is 15.5 Å². The summed E-state index contributed by atoms with van der Waals surface area (Å²) in [5, 5.41) is 0. The van der Waals surface area contributed by atoms with Gasteiger partial charge in [0.25, 0.3) is 0 Å². The lowest BCUT2D eigenvalue weighted by molar-refractivity contribution is -0.01000. The Morgan fingerprint density at radius 2 is 1.83 bits per heavy atom. The smallest absolute Gasteiger partial charge is 0.126 e.